The van der Waals surface area contributed by atoms with E-state index < -0.39 is 29.1 Å². The van der Waals surface area contributed by atoms with Gasteiger partial charge in [0.1, 0.15) is 17.2 Å². The van der Waals surface area contributed by atoms with Crippen molar-refractivity contribution in [2.45, 2.75) is 6.92 Å². The molecular weight excluding hydrogens is 220 g/mol. The second-order valence-electron chi connectivity index (χ2n) is 2.99. The maximum Gasteiger partial charge on any atom is 0.343 e. The lowest BCUT2D eigenvalue weighted by molar-refractivity contribution is -0.114. The van der Waals surface area contributed by atoms with Crippen molar-refractivity contribution in [3.63, 3.8) is 0 Å². The van der Waals surface area contributed by atoms with Crippen molar-refractivity contribution in [3.8, 4) is 0 Å². The number of hydrogen-bond acceptors (Lipinski definition) is 3. The zero-order valence-electron chi connectivity index (χ0n) is 8.64. The van der Waals surface area contributed by atoms with E-state index in [1.165, 1.54) is 6.92 Å². The Labute approximate surface area is 90.2 Å². The predicted molar refractivity (Wildman–Crippen MR) is 52.0 cm³/mol. The first-order valence-electron chi connectivity index (χ1n) is 4.30. The standard InChI is InChI=1S/C10H9F2NO3/c1-5(14)13-6-3-7(11)9(8(12)4-6)10(15)16-2/h3-4H,1-2H3,(H,13,14). The van der Waals surface area contributed by atoms with Crippen LogP contribution in [0, 0.1) is 11.6 Å². The predicted octanol–water partition coefficient (Wildman–Crippen LogP) is 1.71. The van der Waals surface area contributed by atoms with Gasteiger partial charge >= 0.3 is 5.97 Å². The van der Waals surface area contributed by atoms with Crippen LogP contribution in [-0.4, -0.2) is 19.0 Å². The lowest BCUT2D eigenvalue weighted by Crippen LogP contribution is -2.11. The van der Waals surface area contributed by atoms with E-state index in [0.717, 1.165) is 19.2 Å². The summed E-state index contributed by atoms with van der Waals surface area (Å²) in [5.41, 5.74) is -0.841. The quantitative estimate of drug-likeness (QED) is 0.785. The molecule has 0 saturated heterocycles. The Bertz CT molecular complexity index is 423. The highest BCUT2D eigenvalue weighted by atomic mass is 19.1. The van der Waals surface area contributed by atoms with Crippen LogP contribution in [0.4, 0.5) is 14.5 Å². The minimum absolute atomic E-state index is 0.0600. The van der Waals surface area contributed by atoms with Crippen molar-refractivity contribution in [2.75, 3.05) is 12.4 Å². The third-order valence-corrected chi connectivity index (χ3v) is 1.75. The monoisotopic (exact) mass is 229 g/mol. The lowest BCUT2D eigenvalue weighted by atomic mass is 10.1. The molecule has 0 radical (unpaired) electrons. The van der Waals surface area contributed by atoms with Gasteiger partial charge in [-0.1, -0.05) is 0 Å². The van der Waals surface area contributed by atoms with Gasteiger partial charge in [0.05, 0.1) is 7.11 Å². The van der Waals surface area contributed by atoms with Crippen LogP contribution in [0.25, 0.3) is 0 Å². The average molecular weight is 229 g/mol. The van der Waals surface area contributed by atoms with Gasteiger partial charge in [-0.25, -0.2) is 13.6 Å². The number of rotatable bonds is 2. The molecule has 1 N–H and O–H groups in total. The lowest BCUT2D eigenvalue weighted by Gasteiger charge is -2.06. The summed E-state index contributed by atoms with van der Waals surface area (Å²) < 4.78 is 30.8. The van der Waals surface area contributed by atoms with Gasteiger partial charge in [0.25, 0.3) is 0 Å². The normalized spacial score (nSPS) is 9.75. The van der Waals surface area contributed by atoms with E-state index in [-0.39, 0.29) is 5.69 Å². The highest BCUT2D eigenvalue weighted by Crippen LogP contribution is 2.19. The number of anilines is 1. The van der Waals surface area contributed by atoms with E-state index in [4.69, 9.17) is 0 Å². The van der Waals surface area contributed by atoms with Gasteiger partial charge in [-0.15, -0.1) is 0 Å². The number of nitrogens with one attached hydrogen (secondary N) is 1. The first-order valence-corrected chi connectivity index (χ1v) is 4.30. The van der Waals surface area contributed by atoms with E-state index in [2.05, 4.69) is 10.1 Å². The molecule has 0 atom stereocenters. The van der Waals surface area contributed by atoms with Gasteiger partial charge in [0.2, 0.25) is 5.91 Å². The van der Waals surface area contributed by atoms with Crippen LogP contribution in [-0.2, 0) is 9.53 Å². The molecule has 0 aliphatic rings. The van der Waals surface area contributed by atoms with Crippen LogP contribution < -0.4 is 5.32 Å². The van der Waals surface area contributed by atoms with Crippen LogP contribution in [0.1, 0.15) is 17.3 Å². The SMILES string of the molecule is COC(=O)c1c(F)cc(NC(C)=O)cc1F. The molecule has 6 heteroatoms. The topological polar surface area (TPSA) is 55.4 Å². The van der Waals surface area contributed by atoms with Gasteiger partial charge in [-0.2, -0.15) is 0 Å². The van der Waals surface area contributed by atoms with Crippen LogP contribution in [0.3, 0.4) is 0 Å². The Kier molecular flexibility index (Phi) is 3.55. The van der Waals surface area contributed by atoms with Gasteiger partial charge in [0, 0.05) is 12.6 Å². The van der Waals surface area contributed by atoms with Crippen molar-refractivity contribution in [3.05, 3.63) is 29.3 Å². The third kappa shape index (κ3) is 2.53. The molecule has 0 unspecified atom stereocenters. The molecule has 1 amide bonds. The van der Waals surface area contributed by atoms with Crippen molar-refractivity contribution < 1.29 is 23.1 Å². The van der Waals surface area contributed by atoms with E-state index in [9.17, 15) is 18.4 Å². The summed E-state index contributed by atoms with van der Waals surface area (Å²) in [4.78, 5) is 21.7. The molecule has 86 valence electrons. The van der Waals surface area contributed by atoms with Crippen molar-refractivity contribution in [1.29, 1.82) is 0 Å². The zero-order chi connectivity index (χ0) is 12.3. The zero-order valence-corrected chi connectivity index (χ0v) is 8.64. The minimum Gasteiger partial charge on any atom is -0.465 e. The Morgan fingerprint density at radius 2 is 1.75 bits per heavy atom. The highest BCUT2D eigenvalue weighted by Gasteiger charge is 2.19. The molecule has 0 aliphatic heterocycles. The van der Waals surface area contributed by atoms with E-state index in [1.54, 1.807) is 0 Å². The molecule has 0 saturated carbocycles. The molecule has 4 nitrogen and oxygen atoms in total. The fourth-order valence-electron chi connectivity index (χ4n) is 1.15. The molecule has 0 aromatic heterocycles. The molecular formula is C10H9F2NO3. The molecule has 1 aromatic rings. The highest BCUT2D eigenvalue weighted by molar-refractivity contribution is 5.92. The second kappa shape index (κ2) is 4.69. The molecule has 0 heterocycles. The Morgan fingerprint density at radius 1 is 1.25 bits per heavy atom. The number of methoxy groups -OCH3 is 1. The molecule has 1 rings (SSSR count). The van der Waals surface area contributed by atoms with Crippen LogP contribution in [0.5, 0.6) is 0 Å². The summed E-state index contributed by atoms with van der Waals surface area (Å²) in [6.07, 6.45) is 0. The van der Waals surface area contributed by atoms with Crippen molar-refractivity contribution in [1.82, 2.24) is 0 Å². The fourth-order valence-corrected chi connectivity index (χ4v) is 1.15. The molecule has 0 aliphatic carbocycles. The van der Waals surface area contributed by atoms with Crippen molar-refractivity contribution >= 4 is 17.6 Å². The number of esters is 1. The number of hydrogen-bond donors (Lipinski definition) is 1. The molecule has 0 fully saturated rings. The van der Waals surface area contributed by atoms with Gasteiger partial charge in [0.15, 0.2) is 0 Å². The van der Waals surface area contributed by atoms with Crippen molar-refractivity contribution in [2.24, 2.45) is 0 Å². The largest absolute Gasteiger partial charge is 0.465 e. The summed E-state index contributed by atoms with van der Waals surface area (Å²) in [5, 5.41) is 2.20. The van der Waals surface area contributed by atoms with Gasteiger partial charge in [-0.3, -0.25) is 4.79 Å². The summed E-state index contributed by atoms with van der Waals surface area (Å²) in [5.74, 6) is -3.75. The van der Waals surface area contributed by atoms with Gasteiger partial charge < -0.3 is 10.1 Å². The Morgan fingerprint density at radius 3 is 2.12 bits per heavy atom. The van der Waals surface area contributed by atoms with E-state index >= 15 is 0 Å². The minimum atomic E-state index is -1.11. The molecule has 1 aromatic carbocycles. The second-order valence-corrected chi connectivity index (χ2v) is 2.99. The molecule has 16 heavy (non-hydrogen) atoms. The van der Waals surface area contributed by atoms with Gasteiger partial charge in [-0.05, 0) is 12.1 Å². The number of ether oxygens (including phenoxy) is 1. The van der Waals surface area contributed by atoms with Crippen LogP contribution in [0.15, 0.2) is 12.1 Å². The number of carbonyl (C=O) groups is 2. The summed E-state index contributed by atoms with van der Waals surface area (Å²) >= 11 is 0. The van der Waals surface area contributed by atoms with E-state index in [1.807, 2.05) is 0 Å². The summed E-state index contributed by atoms with van der Waals surface area (Å²) in [7, 11) is 1.02. The fraction of sp³-hybridized carbons (Fsp3) is 0.200. The van der Waals surface area contributed by atoms with Crippen LogP contribution >= 0.6 is 0 Å². The van der Waals surface area contributed by atoms with Crippen LogP contribution in [0.2, 0.25) is 0 Å². The number of amides is 1. The Hall–Kier alpha value is -1.98. The maximum atomic E-state index is 13.3. The van der Waals surface area contributed by atoms with E-state index in [0.29, 0.717) is 0 Å². The first kappa shape index (κ1) is 12.1. The number of benzene rings is 1. The number of carbonyl (C=O) groups excluding carboxylic acids is 2. The first-order chi connectivity index (χ1) is 7.45. The third-order valence-electron chi connectivity index (χ3n) is 1.75. The maximum absolute atomic E-state index is 13.3. The summed E-state index contributed by atoms with van der Waals surface area (Å²) in [6, 6.07) is 1.69. The molecule has 0 bridgehead atoms. The molecule has 0 spiro atoms. The summed E-state index contributed by atoms with van der Waals surface area (Å²) in [6.45, 7) is 1.20. The smallest absolute Gasteiger partial charge is 0.343 e. The number of halogens is 2. The average Bonchev–Trinajstić information content (AvgIpc) is 2.15. The Balaban J connectivity index is 3.17.